The summed E-state index contributed by atoms with van der Waals surface area (Å²) in [5.41, 5.74) is 0.561. The monoisotopic (exact) mass is 184 g/mol. The van der Waals surface area contributed by atoms with E-state index in [2.05, 4.69) is 4.99 Å². The van der Waals surface area contributed by atoms with Gasteiger partial charge in [-0.2, -0.15) is 0 Å². The van der Waals surface area contributed by atoms with Crippen LogP contribution >= 0.6 is 11.8 Å². The summed E-state index contributed by atoms with van der Waals surface area (Å²) in [5, 5.41) is 8.05. The standard InChI is InChI=1S/C8H12N2OS/c1-6(9)8(5-11)4-10-7(2)12-3/h4-5,9H,1-3H3/b8-4-,9-6?,10-7?. The van der Waals surface area contributed by atoms with Crippen molar-refractivity contribution in [3.05, 3.63) is 11.8 Å². The van der Waals surface area contributed by atoms with Crippen LogP contribution in [0.2, 0.25) is 0 Å². The maximum Gasteiger partial charge on any atom is 0.153 e. The van der Waals surface area contributed by atoms with Gasteiger partial charge in [-0.3, -0.25) is 9.79 Å². The van der Waals surface area contributed by atoms with Gasteiger partial charge in [0.1, 0.15) is 0 Å². The normalized spacial score (nSPS) is 12.9. The van der Waals surface area contributed by atoms with E-state index in [9.17, 15) is 4.79 Å². The molecule has 0 aliphatic carbocycles. The molecule has 0 aromatic rings. The van der Waals surface area contributed by atoms with Crippen molar-refractivity contribution in [2.45, 2.75) is 13.8 Å². The Kier molecular flexibility index (Phi) is 5.28. The van der Waals surface area contributed by atoms with Crippen molar-refractivity contribution in [2.75, 3.05) is 6.26 Å². The Bertz CT molecular complexity index is 243. The summed E-state index contributed by atoms with van der Waals surface area (Å²) < 4.78 is 0. The second-order valence-corrected chi connectivity index (χ2v) is 3.18. The van der Waals surface area contributed by atoms with Crippen molar-refractivity contribution < 1.29 is 4.79 Å². The minimum atomic E-state index is 0.239. The second-order valence-electron chi connectivity index (χ2n) is 2.18. The van der Waals surface area contributed by atoms with E-state index in [1.807, 2.05) is 13.2 Å². The van der Waals surface area contributed by atoms with E-state index in [0.717, 1.165) is 5.04 Å². The average molecular weight is 184 g/mol. The molecule has 0 spiro atoms. The van der Waals surface area contributed by atoms with Crippen molar-refractivity contribution >= 4 is 28.8 Å². The van der Waals surface area contributed by atoms with Crippen molar-refractivity contribution in [2.24, 2.45) is 4.99 Å². The molecule has 4 heteroatoms. The number of aldehydes is 1. The summed E-state index contributed by atoms with van der Waals surface area (Å²) in [4.78, 5) is 14.3. The van der Waals surface area contributed by atoms with Gasteiger partial charge < -0.3 is 5.41 Å². The highest BCUT2D eigenvalue weighted by Gasteiger charge is 1.95. The van der Waals surface area contributed by atoms with Crippen LogP contribution in [0.25, 0.3) is 0 Å². The number of hydrogen-bond acceptors (Lipinski definition) is 4. The summed E-state index contributed by atoms with van der Waals surface area (Å²) >= 11 is 1.51. The lowest BCUT2D eigenvalue weighted by molar-refractivity contribution is -0.104. The molecule has 66 valence electrons. The van der Waals surface area contributed by atoms with Crippen molar-refractivity contribution in [1.29, 1.82) is 5.41 Å². The highest BCUT2D eigenvalue weighted by molar-refractivity contribution is 8.13. The van der Waals surface area contributed by atoms with Gasteiger partial charge in [0, 0.05) is 11.9 Å². The predicted octanol–water partition coefficient (Wildman–Crippen LogP) is 1.89. The van der Waals surface area contributed by atoms with Crippen LogP contribution in [0, 0.1) is 5.41 Å². The summed E-state index contributed by atoms with van der Waals surface area (Å²) in [6.45, 7) is 3.41. The number of thioether (sulfide) groups is 1. The van der Waals surface area contributed by atoms with E-state index in [1.165, 1.54) is 18.0 Å². The van der Waals surface area contributed by atoms with E-state index in [-0.39, 0.29) is 5.71 Å². The van der Waals surface area contributed by atoms with Crippen molar-refractivity contribution in [3.63, 3.8) is 0 Å². The van der Waals surface area contributed by atoms with Gasteiger partial charge in [-0.25, -0.2) is 0 Å². The number of carbonyl (C=O) groups excluding carboxylic acids is 1. The van der Waals surface area contributed by atoms with Crippen LogP contribution in [-0.4, -0.2) is 23.3 Å². The zero-order valence-corrected chi connectivity index (χ0v) is 8.23. The first kappa shape index (κ1) is 11.1. The van der Waals surface area contributed by atoms with Gasteiger partial charge in [-0.1, -0.05) is 0 Å². The van der Waals surface area contributed by atoms with Crippen LogP contribution in [0.3, 0.4) is 0 Å². The summed E-state index contributed by atoms with van der Waals surface area (Å²) in [6.07, 6.45) is 3.96. The van der Waals surface area contributed by atoms with Crippen LogP contribution < -0.4 is 0 Å². The third-order valence-electron chi connectivity index (χ3n) is 1.24. The smallest absolute Gasteiger partial charge is 0.153 e. The van der Waals surface area contributed by atoms with Gasteiger partial charge in [0.05, 0.1) is 10.6 Å². The second kappa shape index (κ2) is 5.71. The molecule has 0 heterocycles. The predicted molar refractivity (Wildman–Crippen MR) is 54.2 cm³/mol. The Morgan fingerprint density at radius 3 is 2.42 bits per heavy atom. The maximum atomic E-state index is 10.4. The molecule has 0 bridgehead atoms. The van der Waals surface area contributed by atoms with Gasteiger partial charge in [0.25, 0.3) is 0 Å². The van der Waals surface area contributed by atoms with E-state index >= 15 is 0 Å². The van der Waals surface area contributed by atoms with Gasteiger partial charge in [-0.15, -0.1) is 11.8 Å². The molecule has 0 rings (SSSR count). The number of allylic oxidation sites excluding steroid dienone is 1. The zero-order chi connectivity index (χ0) is 9.56. The number of hydrogen-bond donors (Lipinski definition) is 1. The Balaban J connectivity index is 4.51. The number of nitrogens with zero attached hydrogens (tertiary/aromatic N) is 1. The van der Waals surface area contributed by atoms with E-state index in [1.54, 1.807) is 6.92 Å². The van der Waals surface area contributed by atoms with Crippen LogP contribution in [-0.2, 0) is 4.79 Å². The lowest BCUT2D eigenvalue weighted by atomic mass is 10.2. The molecule has 12 heavy (non-hydrogen) atoms. The molecule has 0 unspecified atom stereocenters. The first-order chi connectivity index (χ1) is 5.61. The Labute approximate surface area is 76.5 Å². The first-order valence-electron chi connectivity index (χ1n) is 3.41. The first-order valence-corrected chi connectivity index (χ1v) is 4.63. The van der Waals surface area contributed by atoms with Gasteiger partial charge in [0.2, 0.25) is 0 Å². The minimum Gasteiger partial charge on any atom is -0.305 e. The number of nitrogens with one attached hydrogen (secondary N) is 1. The molecule has 0 fully saturated rings. The van der Waals surface area contributed by atoms with Gasteiger partial charge in [-0.05, 0) is 20.1 Å². The van der Waals surface area contributed by atoms with E-state index < -0.39 is 0 Å². The number of aliphatic imine (C=N–C) groups is 1. The van der Waals surface area contributed by atoms with Gasteiger partial charge >= 0.3 is 0 Å². The quantitative estimate of drug-likeness (QED) is 0.315. The van der Waals surface area contributed by atoms with E-state index in [0.29, 0.717) is 11.9 Å². The topological polar surface area (TPSA) is 53.3 Å². The summed E-state index contributed by atoms with van der Waals surface area (Å²) in [6, 6.07) is 0. The van der Waals surface area contributed by atoms with Crippen LogP contribution in [0.15, 0.2) is 16.8 Å². The van der Waals surface area contributed by atoms with Gasteiger partial charge in [0.15, 0.2) is 6.29 Å². The molecule has 0 saturated heterocycles. The van der Waals surface area contributed by atoms with Crippen LogP contribution in [0.4, 0.5) is 0 Å². The Hall–Kier alpha value is -0.900. The molecule has 0 saturated carbocycles. The Morgan fingerprint density at radius 1 is 1.50 bits per heavy atom. The highest BCUT2D eigenvalue weighted by Crippen LogP contribution is 1.99. The zero-order valence-electron chi connectivity index (χ0n) is 7.42. The largest absolute Gasteiger partial charge is 0.305 e. The third kappa shape index (κ3) is 4.08. The van der Waals surface area contributed by atoms with Crippen LogP contribution in [0.5, 0.6) is 0 Å². The maximum absolute atomic E-state index is 10.4. The molecule has 0 amide bonds. The molecular weight excluding hydrogens is 172 g/mol. The Morgan fingerprint density at radius 2 is 2.08 bits per heavy atom. The molecule has 0 aliphatic rings. The number of carbonyl (C=O) groups is 1. The SMILES string of the molecule is CSC(C)=N/C=C(/C=O)C(C)=N. The molecule has 0 aromatic carbocycles. The molecular formula is C8H12N2OS. The molecule has 1 N–H and O–H groups in total. The molecule has 0 aliphatic heterocycles. The van der Waals surface area contributed by atoms with Crippen molar-refractivity contribution in [1.82, 2.24) is 0 Å². The fourth-order valence-corrected chi connectivity index (χ4v) is 0.587. The lowest BCUT2D eigenvalue weighted by Crippen LogP contribution is -1.96. The van der Waals surface area contributed by atoms with Crippen molar-refractivity contribution in [3.8, 4) is 0 Å². The summed E-state index contributed by atoms with van der Waals surface area (Å²) in [5.74, 6) is 0. The number of rotatable bonds is 3. The lowest BCUT2D eigenvalue weighted by Gasteiger charge is -1.93. The average Bonchev–Trinajstić information content (AvgIpc) is 2.04. The molecule has 0 atom stereocenters. The molecule has 3 nitrogen and oxygen atoms in total. The molecule has 0 radical (unpaired) electrons. The minimum absolute atomic E-state index is 0.239. The fourth-order valence-electron chi connectivity index (χ4n) is 0.429. The van der Waals surface area contributed by atoms with E-state index in [4.69, 9.17) is 5.41 Å². The molecule has 0 aromatic heterocycles. The van der Waals surface area contributed by atoms with Crippen LogP contribution in [0.1, 0.15) is 13.8 Å². The summed E-state index contributed by atoms with van der Waals surface area (Å²) in [7, 11) is 0. The highest BCUT2D eigenvalue weighted by atomic mass is 32.2. The fraction of sp³-hybridized carbons (Fsp3) is 0.375. The third-order valence-corrected chi connectivity index (χ3v) is 1.94.